The molecule has 0 unspecified atom stereocenters. The van der Waals surface area contributed by atoms with Crippen LogP contribution in [0.25, 0.3) is 10.9 Å². The number of hydrogen-bond donors (Lipinski definition) is 2. The predicted molar refractivity (Wildman–Crippen MR) is 123 cm³/mol. The quantitative estimate of drug-likeness (QED) is 0.641. The van der Waals surface area contributed by atoms with E-state index in [1.54, 1.807) is 12.1 Å². The van der Waals surface area contributed by atoms with Crippen LogP contribution in [0.2, 0.25) is 0 Å². The molecular formula is C24H30FN5O. The average Bonchev–Trinajstić information content (AvgIpc) is 3.15. The summed E-state index contributed by atoms with van der Waals surface area (Å²) in [5.74, 6) is 0.592. The van der Waals surface area contributed by atoms with Gasteiger partial charge in [0, 0.05) is 48.8 Å². The molecule has 3 heterocycles. The number of anilines is 2. The van der Waals surface area contributed by atoms with Crippen LogP contribution < -0.4 is 10.2 Å². The molecule has 31 heavy (non-hydrogen) atoms. The Labute approximate surface area is 182 Å². The van der Waals surface area contributed by atoms with Crippen LogP contribution >= 0.6 is 0 Å². The monoisotopic (exact) mass is 423 g/mol. The minimum atomic E-state index is -0.302. The number of aromatic amines is 1. The van der Waals surface area contributed by atoms with Crippen molar-refractivity contribution in [3.63, 3.8) is 0 Å². The number of halogens is 1. The van der Waals surface area contributed by atoms with Gasteiger partial charge in [-0.1, -0.05) is 0 Å². The van der Waals surface area contributed by atoms with E-state index in [4.69, 9.17) is 0 Å². The number of aromatic nitrogens is 2. The highest BCUT2D eigenvalue weighted by atomic mass is 19.1. The normalized spacial score (nSPS) is 15.3. The Morgan fingerprint density at radius 1 is 1.23 bits per heavy atom. The van der Waals surface area contributed by atoms with E-state index < -0.39 is 0 Å². The molecule has 0 atom stereocenters. The number of carbonyl (C=O) groups excluding carboxylic acids is 1. The van der Waals surface area contributed by atoms with Crippen LogP contribution in [-0.2, 0) is 0 Å². The van der Waals surface area contributed by atoms with Gasteiger partial charge in [0.15, 0.2) is 5.82 Å². The number of H-pyrrole nitrogens is 1. The van der Waals surface area contributed by atoms with Crippen LogP contribution in [0.4, 0.5) is 15.9 Å². The minimum Gasteiger partial charge on any atom is -0.377 e. The Morgan fingerprint density at radius 3 is 2.68 bits per heavy atom. The summed E-state index contributed by atoms with van der Waals surface area (Å²) in [5, 5.41) is 4.25. The van der Waals surface area contributed by atoms with Crippen molar-refractivity contribution in [2.45, 2.75) is 45.2 Å². The minimum absolute atomic E-state index is 0.0364. The van der Waals surface area contributed by atoms with Crippen molar-refractivity contribution in [3.05, 3.63) is 54.1 Å². The van der Waals surface area contributed by atoms with E-state index in [0.29, 0.717) is 30.2 Å². The molecule has 1 saturated heterocycles. The highest BCUT2D eigenvalue weighted by Crippen LogP contribution is 2.29. The van der Waals surface area contributed by atoms with E-state index in [0.717, 1.165) is 29.9 Å². The molecule has 164 valence electrons. The Bertz CT molecular complexity index is 1080. The summed E-state index contributed by atoms with van der Waals surface area (Å²) in [7, 11) is 2.07. The van der Waals surface area contributed by atoms with Crippen molar-refractivity contribution >= 4 is 28.3 Å². The molecular weight excluding hydrogens is 393 g/mol. The zero-order chi connectivity index (χ0) is 22.2. The van der Waals surface area contributed by atoms with Gasteiger partial charge in [-0.3, -0.25) is 4.79 Å². The molecule has 1 aliphatic heterocycles. The number of fused-ring (bicyclic) bond motifs is 1. The first kappa shape index (κ1) is 21.2. The van der Waals surface area contributed by atoms with Crippen LogP contribution in [0.3, 0.4) is 0 Å². The molecule has 6 nitrogen and oxygen atoms in total. The Hall–Kier alpha value is -3.09. The molecule has 3 aromatic rings. The number of likely N-dealkylation sites (tertiary alicyclic amines) is 1. The van der Waals surface area contributed by atoms with Crippen LogP contribution in [0.1, 0.15) is 44.1 Å². The van der Waals surface area contributed by atoms with Gasteiger partial charge in [-0.05, 0) is 70.0 Å². The van der Waals surface area contributed by atoms with Crippen molar-refractivity contribution < 1.29 is 9.18 Å². The number of rotatable bonds is 4. The number of piperidine rings is 1. The highest BCUT2D eigenvalue weighted by Gasteiger charge is 2.28. The number of benzene rings is 1. The van der Waals surface area contributed by atoms with Gasteiger partial charge in [0.05, 0.1) is 5.69 Å². The molecule has 1 amide bonds. The second-order valence-corrected chi connectivity index (χ2v) is 9.30. The van der Waals surface area contributed by atoms with Gasteiger partial charge in [-0.2, -0.15) is 0 Å². The fraction of sp³-hybridized carbons (Fsp3) is 0.417. The third-order valence-corrected chi connectivity index (χ3v) is 5.74. The third kappa shape index (κ3) is 4.65. The van der Waals surface area contributed by atoms with E-state index in [1.807, 2.05) is 17.2 Å². The van der Waals surface area contributed by atoms with Crippen molar-refractivity contribution in [2.24, 2.45) is 0 Å². The molecule has 2 N–H and O–H groups in total. The van der Waals surface area contributed by atoms with Gasteiger partial charge in [-0.25, -0.2) is 9.37 Å². The lowest BCUT2D eigenvalue weighted by Crippen LogP contribution is -2.46. The lowest BCUT2D eigenvalue weighted by atomic mass is 10.0. The molecule has 7 heteroatoms. The maximum atomic E-state index is 13.5. The molecule has 0 bridgehead atoms. The highest BCUT2D eigenvalue weighted by molar-refractivity contribution is 5.98. The fourth-order valence-electron chi connectivity index (χ4n) is 4.20. The first-order chi connectivity index (χ1) is 14.7. The first-order valence-electron chi connectivity index (χ1n) is 10.7. The maximum Gasteiger partial charge on any atom is 0.270 e. The van der Waals surface area contributed by atoms with Gasteiger partial charge in [0.25, 0.3) is 5.91 Å². The van der Waals surface area contributed by atoms with Gasteiger partial charge >= 0.3 is 0 Å². The number of amides is 1. The van der Waals surface area contributed by atoms with Crippen molar-refractivity contribution in [2.75, 3.05) is 30.4 Å². The van der Waals surface area contributed by atoms with Crippen LogP contribution in [0.15, 0.2) is 42.6 Å². The molecule has 4 rings (SSSR count). The number of pyridine rings is 1. The van der Waals surface area contributed by atoms with Crippen molar-refractivity contribution in [1.82, 2.24) is 14.9 Å². The SMILES string of the molecule is CN(c1ncccc1NC(C)(C)C)C1CCN(C(=O)c2cc3cc(F)ccc3[nH]2)CC1. The Kier molecular flexibility index (Phi) is 5.60. The maximum absolute atomic E-state index is 13.5. The van der Waals surface area contributed by atoms with Crippen LogP contribution in [0, 0.1) is 5.82 Å². The number of nitrogens with zero attached hydrogens (tertiary/aromatic N) is 3. The second-order valence-electron chi connectivity index (χ2n) is 9.30. The van der Waals surface area contributed by atoms with Gasteiger partial charge in [0.2, 0.25) is 0 Å². The second kappa shape index (κ2) is 8.21. The van der Waals surface area contributed by atoms with Crippen molar-refractivity contribution in [1.29, 1.82) is 0 Å². The number of hydrogen-bond acceptors (Lipinski definition) is 4. The molecule has 0 radical (unpaired) electrons. The van der Waals surface area contributed by atoms with Gasteiger partial charge in [-0.15, -0.1) is 0 Å². The number of carbonyl (C=O) groups is 1. The molecule has 0 aliphatic carbocycles. The molecule has 1 fully saturated rings. The fourth-order valence-corrected chi connectivity index (χ4v) is 4.20. The third-order valence-electron chi connectivity index (χ3n) is 5.74. The van der Waals surface area contributed by atoms with Crippen molar-refractivity contribution in [3.8, 4) is 0 Å². The zero-order valence-electron chi connectivity index (χ0n) is 18.6. The lowest BCUT2D eigenvalue weighted by molar-refractivity contribution is 0.0708. The Balaban J connectivity index is 1.43. The standard InChI is InChI=1S/C24H30FN5O/c1-24(2,3)28-20-6-5-11-26-22(20)29(4)18-9-12-30(13-10-18)23(31)21-15-16-14-17(25)7-8-19(16)27-21/h5-8,11,14-15,18,27-28H,9-10,12-13H2,1-4H3. The molecule has 1 aliphatic rings. The van der Waals surface area contributed by atoms with E-state index in [9.17, 15) is 9.18 Å². The van der Waals surface area contributed by atoms with E-state index >= 15 is 0 Å². The van der Waals surface area contributed by atoms with Crippen LogP contribution in [0.5, 0.6) is 0 Å². The molecule has 1 aromatic carbocycles. The molecule has 2 aromatic heterocycles. The lowest BCUT2D eigenvalue weighted by Gasteiger charge is -2.38. The Morgan fingerprint density at radius 2 is 1.97 bits per heavy atom. The van der Waals surface area contributed by atoms with Crippen LogP contribution in [-0.4, -0.2) is 52.5 Å². The molecule has 0 spiro atoms. The summed E-state index contributed by atoms with van der Waals surface area (Å²) in [5.41, 5.74) is 2.24. The summed E-state index contributed by atoms with van der Waals surface area (Å²) in [6.45, 7) is 7.74. The average molecular weight is 424 g/mol. The summed E-state index contributed by atoms with van der Waals surface area (Å²) in [6, 6.07) is 10.5. The van der Waals surface area contributed by atoms with Gasteiger partial charge in [0.1, 0.15) is 11.5 Å². The molecule has 0 saturated carbocycles. The summed E-state index contributed by atoms with van der Waals surface area (Å²) < 4.78 is 13.5. The smallest absolute Gasteiger partial charge is 0.270 e. The summed E-state index contributed by atoms with van der Waals surface area (Å²) >= 11 is 0. The first-order valence-corrected chi connectivity index (χ1v) is 10.7. The van der Waals surface area contributed by atoms with E-state index in [2.05, 4.69) is 54.1 Å². The summed E-state index contributed by atoms with van der Waals surface area (Å²) in [4.78, 5) is 24.8. The van der Waals surface area contributed by atoms with E-state index in [-0.39, 0.29) is 17.3 Å². The topological polar surface area (TPSA) is 64.3 Å². The van der Waals surface area contributed by atoms with Gasteiger partial charge < -0.3 is 20.1 Å². The predicted octanol–water partition coefficient (Wildman–Crippen LogP) is 4.65. The van der Waals surface area contributed by atoms with E-state index in [1.165, 1.54) is 12.1 Å². The number of nitrogens with one attached hydrogen (secondary N) is 2. The zero-order valence-corrected chi connectivity index (χ0v) is 18.6. The largest absolute Gasteiger partial charge is 0.377 e. The summed E-state index contributed by atoms with van der Waals surface area (Å²) in [6.07, 6.45) is 3.54.